The van der Waals surface area contributed by atoms with Crippen LogP contribution in [0.5, 0.6) is 0 Å². The summed E-state index contributed by atoms with van der Waals surface area (Å²) in [6.07, 6.45) is 3.99. The van der Waals surface area contributed by atoms with Gasteiger partial charge in [0, 0.05) is 17.8 Å². The fraction of sp³-hybridized carbons (Fsp3) is 0.600. The second-order valence-electron chi connectivity index (χ2n) is 4.81. The monoisotopic (exact) mass is 282 g/mol. The molecule has 0 saturated carbocycles. The van der Waals surface area contributed by atoms with E-state index in [9.17, 15) is 4.79 Å². The van der Waals surface area contributed by atoms with E-state index in [1.54, 1.807) is 6.07 Å². The minimum atomic E-state index is -0.0615. The molecule has 0 fully saturated rings. The molecular weight excluding hydrogens is 260 g/mol. The van der Waals surface area contributed by atoms with Crippen LogP contribution in [0.3, 0.4) is 0 Å². The number of nitrogens with one attached hydrogen (secondary N) is 1. The SMILES string of the molecule is CCCc1cc(C(=O)NCC(CC)CC)cc(Cl)n1. The number of halogens is 1. The number of carbonyl (C=O) groups excluding carboxylic acids is 1. The minimum absolute atomic E-state index is 0.0615. The molecule has 1 aromatic rings. The molecule has 0 unspecified atom stereocenters. The van der Waals surface area contributed by atoms with Crippen LogP contribution in [0, 0.1) is 5.92 Å². The van der Waals surface area contributed by atoms with Crippen LogP contribution in [0.2, 0.25) is 5.15 Å². The van der Waals surface area contributed by atoms with Crippen LogP contribution in [0.4, 0.5) is 0 Å². The quantitative estimate of drug-likeness (QED) is 0.772. The number of amides is 1. The van der Waals surface area contributed by atoms with E-state index >= 15 is 0 Å². The number of aryl methyl sites for hydroxylation is 1. The van der Waals surface area contributed by atoms with Crippen molar-refractivity contribution in [3.63, 3.8) is 0 Å². The molecule has 106 valence electrons. The molecular formula is C15H23ClN2O. The van der Waals surface area contributed by atoms with Crippen LogP contribution < -0.4 is 5.32 Å². The van der Waals surface area contributed by atoms with E-state index in [2.05, 4.69) is 31.1 Å². The second kappa shape index (κ2) is 8.16. The van der Waals surface area contributed by atoms with Crippen molar-refractivity contribution in [1.29, 1.82) is 0 Å². The Kier molecular flexibility index (Phi) is 6.85. The summed E-state index contributed by atoms with van der Waals surface area (Å²) >= 11 is 5.96. The third-order valence-electron chi connectivity index (χ3n) is 3.32. The van der Waals surface area contributed by atoms with E-state index in [1.165, 1.54) is 0 Å². The molecule has 0 saturated heterocycles. The predicted molar refractivity (Wildman–Crippen MR) is 79.6 cm³/mol. The average molecular weight is 283 g/mol. The third-order valence-corrected chi connectivity index (χ3v) is 3.52. The van der Waals surface area contributed by atoms with Crippen LogP contribution in [0.25, 0.3) is 0 Å². The zero-order chi connectivity index (χ0) is 14.3. The van der Waals surface area contributed by atoms with Gasteiger partial charge in [-0.15, -0.1) is 0 Å². The molecule has 0 aliphatic carbocycles. The molecule has 3 nitrogen and oxygen atoms in total. The Labute approximate surface area is 120 Å². The number of nitrogens with zero attached hydrogens (tertiary/aromatic N) is 1. The van der Waals surface area contributed by atoms with Gasteiger partial charge in [0.2, 0.25) is 0 Å². The molecule has 0 bridgehead atoms. The first-order chi connectivity index (χ1) is 9.10. The van der Waals surface area contributed by atoms with E-state index < -0.39 is 0 Å². The first kappa shape index (κ1) is 16.0. The summed E-state index contributed by atoms with van der Waals surface area (Å²) in [7, 11) is 0. The van der Waals surface area contributed by atoms with Gasteiger partial charge in [-0.05, 0) is 24.5 Å². The standard InChI is InChI=1S/C15H23ClN2O/c1-4-7-13-8-12(9-14(16)18-13)15(19)17-10-11(5-2)6-3/h8-9,11H,4-7,10H2,1-3H3,(H,17,19). The Balaban J connectivity index is 2.70. The molecule has 0 aliphatic rings. The molecule has 0 atom stereocenters. The Hall–Kier alpha value is -1.09. The van der Waals surface area contributed by atoms with Gasteiger partial charge in [0.25, 0.3) is 5.91 Å². The Morgan fingerprint density at radius 2 is 2.00 bits per heavy atom. The maximum absolute atomic E-state index is 12.1. The number of hydrogen-bond donors (Lipinski definition) is 1. The average Bonchev–Trinajstić information content (AvgIpc) is 2.39. The predicted octanol–water partition coefficient (Wildman–Crippen LogP) is 3.85. The highest BCUT2D eigenvalue weighted by Gasteiger charge is 2.11. The summed E-state index contributed by atoms with van der Waals surface area (Å²) < 4.78 is 0. The highest BCUT2D eigenvalue weighted by Crippen LogP contribution is 2.13. The number of hydrogen-bond acceptors (Lipinski definition) is 2. The molecule has 1 amide bonds. The van der Waals surface area contributed by atoms with Crippen molar-refractivity contribution >= 4 is 17.5 Å². The molecule has 0 spiro atoms. The second-order valence-corrected chi connectivity index (χ2v) is 5.20. The van der Waals surface area contributed by atoms with Crippen LogP contribution >= 0.6 is 11.6 Å². The zero-order valence-electron chi connectivity index (χ0n) is 12.0. The summed E-state index contributed by atoms with van der Waals surface area (Å²) in [6.45, 7) is 7.08. The van der Waals surface area contributed by atoms with E-state index in [0.717, 1.165) is 37.9 Å². The molecule has 1 rings (SSSR count). The van der Waals surface area contributed by atoms with Crippen LogP contribution in [-0.2, 0) is 6.42 Å². The molecule has 0 aliphatic heterocycles. The normalized spacial score (nSPS) is 10.8. The lowest BCUT2D eigenvalue weighted by Crippen LogP contribution is -2.29. The molecule has 0 radical (unpaired) electrons. The Bertz CT molecular complexity index is 417. The van der Waals surface area contributed by atoms with Crippen molar-refractivity contribution < 1.29 is 4.79 Å². The third kappa shape index (κ3) is 5.19. The minimum Gasteiger partial charge on any atom is -0.352 e. The molecule has 1 aromatic heterocycles. The molecule has 0 aromatic carbocycles. The first-order valence-electron chi connectivity index (χ1n) is 7.05. The van der Waals surface area contributed by atoms with Gasteiger partial charge in [0.15, 0.2) is 0 Å². The Morgan fingerprint density at radius 3 is 2.58 bits per heavy atom. The fourth-order valence-electron chi connectivity index (χ4n) is 1.98. The van der Waals surface area contributed by atoms with Crippen molar-refractivity contribution in [2.24, 2.45) is 5.92 Å². The van der Waals surface area contributed by atoms with Crippen molar-refractivity contribution in [3.8, 4) is 0 Å². The lowest BCUT2D eigenvalue weighted by Gasteiger charge is -2.13. The highest BCUT2D eigenvalue weighted by molar-refractivity contribution is 6.29. The van der Waals surface area contributed by atoms with Crippen molar-refractivity contribution in [2.45, 2.75) is 46.5 Å². The van der Waals surface area contributed by atoms with Crippen LogP contribution in [0.15, 0.2) is 12.1 Å². The van der Waals surface area contributed by atoms with Gasteiger partial charge >= 0.3 is 0 Å². The lowest BCUT2D eigenvalue weighted by atomic mass is 10.0. The summed E-state index contributed by atoms with van der Waals surface area (Å²) in [5.74, 6) is 0.477. The summed E-state index contributed by atoms with van der Waals surface area (Å²) in [5, 5.41) is 3.36. The van der Waals surface area contributed by atoms with Gasteiger partial charge in [0.05, 0.1) is 0 Å². The van der Waals surface area contributed by atoms with E-state index in [-0.39, 0.29) is 5.91 Å². The number of carbonyl (C=O) groups is 1. The summed E-state index contributed by atoms with van der Waals surface area (Å²) in [5.41, 5.74) is 1.48. The van der Waals surface area contributed by atoms with Gasteiger partial charge < -0.3 is 5.32 Å². The van der Waals surface area contributed by atoms with Crippen LogP contribution in [-0.4, -0.2) is 17.4 Å². The van der Waals surface area contributed by atoms with Gasteiger partial charge in [-0.1, -0.05) is 51.6 Å². The lowest BCUT2D eigenvalue weighted by molar-refractivity contribution is 0.0946. The van der Waals surface area contributed by atoms with Gasteiger partial charge in [-0.25, -0.2) is 4.98 Å². The van der Waals surface area contributed by atoms with E-state index in [1.807, 2.05) is 6.07 Å². The largest absolute Gasteiger partial charge is 0.352 e. The molecule has 19 heavy (non-hydrogen) atoms. The number of aromatic nitrogens is 1. The maximum Gasteiger partial charge on any atom is 0.251 e. The Morgan fingerprint density at radius 1 is 1.32 bits per heavy atom. The highest BCUT2D eigenvalue weighted by atomic mass is 35.5. The number of rotatable bonds is 7. The van der Waals surface area contributed by atoms with Gasteiger partial charge in [-0.3, -0.25) is 4.79 Å². The van der Waals surface area contributed by atoms with E-state index in [0.29, 0.717) is 16.6 Å². The van der Waals surface area contributed by atoms with Gasteiger partial charge in [0.1, 0.15) is 5.15 Å². The van der Waals surface area contributed by atoms with Crippen LogP contribution in [0.1, 0.15) is 56.1 Å². The fourth-order valence-corrected chi connectivity index (χ4v) is 2.21. The van der Waals surface area contributed by atoms with Crippen molar-refractivity contribution in [3.05, 3.63) is 28.5 Å². The zero-order valence-corrected chi connectivity index (χ0v) is 12.8. The van der Waals surface area contributed by atoms with E-state index in [4.69, 9.17) is 11.6 Å². The van der Waals surface area contributed by atoms with Crippen molar-refractivity contribution in [1.82, 2.24) is 10.3 Å². The molecule has 1 N–H and O–H groups in total. The summed E-state index contributed by atoms with van der Waals surface area (Å²) in [4.78, 5) is 16.3. The smallest absolute Gasteiger partial charge is 0.251 e. The first-order valence-corrected chi connectivity index (χ1v) is 7.43. The van der Waals surface area contributed by atoms with Gasteiger partial charge in [-0.2, -0.15) is 0 Å². The molecule has 4 heteroatoms. The number of pyridine rings is 1. The summed E-state index contributed by atoms with van der Waals surface area (Å²) in [6, 6.07) is 3.46. The topological polar surface area (TPSA) is 42.0 Å². The maximum atomic E-state index is 12.1. The van der Waals surface area contributed by atoms with Crippen molar-refractivity contribution in [2.75, 3.05) is 6.54 Å². The molecule has 1 heterocycles.